The summed E-state index contributed by atoms with van der Waals surface area (Å²) in [5, 5.41) is 20.8. The second kappa shape index (κ2) is 8.17. The zero-order valence-corrected chi connectivity index (χ0v) is 19.8. The van der Waals surface area contributed by atoms with Crippen molar-refractivity contribution in [1.82, 2.24) is 0 Å². The Morgan fingerprint density at radius 3 is 2.67 bits per heavy atom. The molecule has 1 heterocycles. The maximum absolute atomic E-state index is 13.6. The molecule has 2 aliphatic rings. The number of ketones is 1. The number of hydrogen-bond acceptors (Lipinski definition) is 6. The van der Waals surface area contributed by atoms with Crippen molar-refractivity contribution >= 4 is 23.1 Å². The van der Waals surface area contributed by atoms with Crippen LogP contribution in [0.15, 0.2) is 59.1 Å². The summed E-state index contributed by atoms with van der Waals surface area (Å²) in [5.41, 5.74) is 10.2. The van der Waals surface area contributed by atoms with E-state index in [9.17, 15) is 15.2 Å². The number of nitriles is 1. The molecule has 2 aromatic carbocycles. The third-order valence-electron chi connectivity index (χ3n) is 6.40. The highest BCUT2D eigenvalue weighted by Crippen LogP contribution is 2.51. The molecule has 0 saturated heterocycles. The number of hydrogen-bond donors (Lipinski definition) is 2. The molecule has 0 aromatic heterocycles. The molecule has 1 aliphatic heterocycles. The van der Waals surface area contributed by atoms with Crippen LogP contribution in [0.25, 0.3) is 0 Å². The van der Waals surface area contributed by atoms with Gasteiger partial charge in [0.1, 0.15) is 5.82 Å². The summed E-state index contributed by atoms with van der Waals surface area (Å²) in [4.78, 5) is 15.4. The molecular weight excluding hydrogens is 438 g/mol. The summed E-state index contributed by atoms with van der Waals surface area (Å²) in [6.07, 6.45) is 0.962. The molecule has 7 heteroatoms. The number of carbonyl (C=O) groups excluding carboxylic acids is 1. The van der Waals surface area contributed by atoms with Gasteiger partial charge in [-0.2, -0.15) is 5.26 Å². The lowest BCUT2D eigenvalue weighted by atomic mass is 9.68. The van der Waals surface area contributed by atoms with Gasteiger partial charge in [-0.25, -0.2) is 0 Å². The fourth-order valence-electron chi connectivity index (χ4n) is 4.83. The number of ether oxygens (including phenoxy) is 1. The first kappa shape index (κ1) is 22.8. The quantitative estimate of drug-likeness (QED) is 0.640. The average molecular weight is 464 g/mol. The van der Waals surface area contributed by atoms with E-state index in [0.29, 0.717) is 29.0 Å². The normalized spacial score (nSPS) is 19.9. The molecule has 1 aliphatic carbocycles. The van der Waals surface area contributed by atoms with Crippen LogP contribution in [0.5, 0.6) is 11.5 Å². The number of halogens is 1. The third kappa shape index (κ3) is 3.73. The first-order chi connectivity index (χ1) is 15.6. The lowest BCUT2D eigenvalue weighted by Gasteiger charge is -2.44. The van der Waals surface area contributed by atoms with Gasteiger partial charge in [0.15, 0.2) is 17.3 Å². The van der Waals surface area contributed by atoms with Gasteiger partial charge in [0.2, 0.25) is 0 Å². The fraction of sp³-hybridized carbons (Fsp3) is 0.308. The Hall–Kier alpha value is -3.43. The number of rotatable bonds is 3. The number of phenols is 1. The topological polar surface area (TPSA) is 99.6 Å². The zero-order chi connectivity index (χ0) is 24.1. The van der Waals surface area contributed by atoms with Crippen molar-refractivity contribution in [2.75, 3.05) is 12.0 Å². The number of carbonyl (C=O) groups is 1. The van der Waals surface area contributed by atoms with Crippen molar-refractivity contribution in [1.29, 1.82) is 5.26 Å². The molecule has 1 unspecified atom stereocenters. The number of Topliss-reactive ketones (excluding diaryl/α,β-unsaturated/α-hetero) is 1. The Labute approximate surface area is 198 Å². The highest BCUT2D eigenvalue weighted by molar-refractivity contribution is 6.31. The van der Waals surface area contributed by atoms with Crippen molar-refractivity contribution in [3.63, 3.8) is 0 Å². The molecule has 4 rings (SSSR count). The second-order valence-electron chi connectivity index (χ2n) is 9.30. The molecule has 170 valence electrons. The Morgan fingerprint density at radius 1 is 1.27 bits per heavy atom. The molecule has 2 aromatic rings. The lowest BCUT2D eigenvalue weighted by molar-refractivity contribution is -0.118. The van der Waals surface area contributed by atoms with Crippen LogP contribution in [0, 0.1) is 23.7 Å². The van der Waals surface area contributed by atoms with Gasteiger partial charge in [-0.1, -0.05) is 37.6 Å². The Kier molecular flexibility index (Phi) is 5.63. The molecule has 0 amide bonds. The third-order valence-corrected chi connectivity index (χ3v) is 6.81. The average Bonchev–Trinajstić information content (AvgIpc) is 2.75. The van der Waals surface area contributed by atoms with Crippen LogP contribution in [0.4, 0.5) is 5.69 Å². The van der Waals surface area contributed by atoms with Crippen LogP contribution in [0.1, 0.15) is 43.7 Å². The first-order valence-corrected chi connectivity index (χ1v) is 11.1. The molecular formula is C26H26ClN3O3. The highest BCUT2D eigenvalue weighted by Gasteiger charge is 2.45. The SMILES string of the molecule is COc1cc(C2C(C#N)=C(N)N(c3cccc(Cl)c3C)C3=C2C(=O)CC(C)(C)C3)ccc1O. The first-order valence-electron chi connectivity index (χ1n) is 10.7. The van der Waals surface area contributed by atoms with Crippen LogP contribution < -0.4 is 15.4 Å². The number of nitrogens with zero attached hydrogens (tertiary/aromatic N) is 2. The van der Waals surface area contributed by atoms with Crippen molar-refractivity contribution in [3.05, 3.63) is 75.2 Å². The summed E-state index contributed by atoms with van der Waals surface area (Å²) >= 11 is 6.41. The lowest BCUT2D eigenvalue weighted by Crippen LogP contribution is -2.42. The van der Waals surface area contributed by atoms with E-state index >= 15 is 0 Å². The van der Waals surface area contributed by atoms with E-state index in [1.807, 2.05) is 24.0 Å². The molecule has 6 nitrogen and oxygen atoms in total. The Balaban J connectivity index is 2.03. The number of allylic oxidation sites excluding steroid dienone is 3. The monoisotopic (exact) mass is 463 g/mol. The van der Waals surface area contributed by atoms with E-state index in [2.05, 4.69) is 19.9 Å². The smallest absolute Gasteiger partial charge is 0.162 e. The van der Waals surface area contributed by atoms with Crippen LogP contribution in [-0.2, 0) is 4.79 Å². The van der Waals surface area contributed by atoms with Crippen molar-refractivity contribution in [2.24, 2.45) is 11.1 Å². The van der Waals surface area contributed by atoms with Crippen LogP contribution in [0.3, 0.4) is 0 Å². The van der Waals surface area contributed by atoms with E-state index in [0.717, 1.165) is 16.9 Å². The van der Waals surface area contributed by atoms with Gasteiger partial charge in [-0.05, 0) is 54.2 Å². The van der Waals surface area contributed by atoms with Crippen LogP contribution in [0.2, 0.25) is 5.02 Å². The minimum absolute atomic E-state index is 0.0194. The number of phenolic OH excluding ortho intramolecular Hbond substituents is 1. The van der Waals surface area contributed by atoms with Gasteiger partial charge < -0.3 is 15.6 Å². The molecule has 0 spiro atoms. The minimum Gasteiger partial charge on any atom is -0.504 e. The largest absolute Gasteiger partial charge is 0.504 e. The summed E-state index contributed by atoms with van der Waals surface area (Å²) in [7, 11) is 1.46. The van der Waals surface area contributed by atoms with Gasteiger partial charge in [0.25, 0.3) is 0 Å². The molecule has 0 saturated carbocycles. The molecule has 33 heavy (non-hydrogen) atoms. The van der Waals surface area contributed by atoms with Gasteiger partial charge in [-0.15, -0.1) is 0 Å². The predicted molar refractivity (Wildman–Crippen MR) is 128 cm³/mol. The number of aromatic hydroxyl groups is 1. The van der Waals surface area contributed by atoms with E-state index in [-0.39, 0.29) is 34.1 Å². The number of methoxy groups -OCH3 is 1. The molecule has 0 bridgehead atoms. The maximum Gasteiger partial charge on any atom is 0.162 e. The van der Waals surface area contributed by atoms with Gasteiger partial charge in [0.05, 0.1) is 30.4 Å². The highest BCUT2D eigenvalue weighted by atomic mass is 35.5. The standard InChI is InChI=1S/C26H26ClN3O3/c1-14-17(27)6-5-7-18(14)30-19-11-26(2,3)12-21(32)24(19)23(16(13-28)25(30)29)15-8-9-20(31)22(10-15)33-4/h5-10,23,31H,11-12,29H2,1-4H3. The van der Waals surface area contributed by atoms with Crippen molar-refractivity contribution in [3.8, 4) is 17.6 Å². The Morgan fingerprint density at radius 2 is 2.00 bits per heavy atom. The zero-order valence-electron chi connectivity index (χ0n) is 19.1. The summed E-state index contributed by atoms with van der Waals surface area (Å²) in [6, 6.07) is 12.6. The Bertz CT molecular complexity index is 1270. The molecule has 0 fully saturated rings. The molecule has 1 atom stereocenters. The van der Waals surface area contributed by atoms with E-state index < -0.39 is 5.92 Å². The van der Waals surface area contributed by atoms with E-state index in [1.54, 1.807) is 18.2 Å². The molecule has 3 N–H and O–H groups in total. The summed E-state index contributed by atoms with van der Waals surface area (Å²) in [6.45, 7) is 6.00. The molecule has 0 radical (unpaired) electrons. The number of benzene rings is 2. The maximum atomic E-state index is 13.6. The number of anilines is 1. The predicted octanol–water partition coefficient (Wildman–Crippen LogP) is 5.30. The van der Waals surface area contributed by atoms with E-state index in [4.69, 9.17) is 22.1 Å². The van der Waals surface area contributed by atoms with Crippen molar-refractivity contribution < 1.29 is 14.6 Å². The summed E-state index contributed by atoms with van der Waals surface area (Å²) in [5.74, 6) is -0.164. The minimum atomic E-state index is -0.654. The van der Waals surface area contributed by atoms with E-state index in [1.165, 1.54) is 13.2 Å². The number of nitrogens with two attached hydrogens (primary N) is 1. The van der Waals surface area contributed by atoms with Gasteiger partial charge in [-0.3, -0.25) is 9.69 Å². The van der Waals surface area contributed by atoms with Crippen LogP contribution in [-0.4, -0.2) is 18.0 Å². The summed E-state index contributed by atoms with van der Waals surface area (Å²) < 4.78 is 5.28. The van der Waals surface area contributed by atoms with Crippen LogP contribution >= 0.6 is 11.6 Å². The van der Waals surface area contributed by atoms with Crippen molar-refractivity contribution in [2.45, 2.75) is 39.5 Å². The van der Waals surface area contributed by atoms with Gasteiger partial charge in [0, 0.05) is 22.7 Å². The van der Waals surface area contributed by atoms with Gasteiger partial charge >= 0.3 is 0 Å². The fourth-order valence-corrected chi connectivity index (χ4v) is 5.00. The second-order valence-corrected chi connectivity index (χ2v) is 9.70.